The number of nitrogens with zero attached hydrogens (tertiary/aromatic N) is 6. The maximum Gasteiger partial charge on any atom is 0.217 e. The molecule has 2 aliphatic heterocycles. The minimum Gasteiger partial charge on any atom is -0.457 e. The maximum atomic E-state index is 6.93. The minimum absolute atomic E-state index is 0.129. The van der Waals surface area contributed by atoms with Crippen LogP contribution in [0.4, 0.5) is 0 Å². The summed E-state index contributed by atoms with van der Waals surface area (Å²) in [6.45, 7) is 5.30. The summed E-state index contributed by atoms with van der Waals surface area (Å²) in [7, 11) is 0. The van der Waals surface area contributed by atoms with Gasteiger partial charge in [-0.05, 0) is 73.5 Å². The molecule has 0 bridgehead atoms. The highest BCUT2D eigenvalue weighted by molar-refractivity contribution is 6.34. The third-order valence-corrected chi connectivity index (χ3v) is 10.3. The van der Waals surface area contributed by atoms with E-state index in [2.05, 4.69) is 20.2 Å². The molecule has 8 rings (SSSR count). The Hall–Kier alpha value is -4.04. The summed E-state index contributed by atoms with van der Waals surface area (Å²) < 4.78 is 34.6. The van der Waals surface area contributed by atoms with Crippen molar-refractivity contribution in [2.75, 3.05) is 13.2 Å². The van der Waals surface area contributed by atoms with Gasteiger partial charge in [0.25, 0.3) is 0 Å². The molecule has 0 aliphatic carbocycles. The zero-order valence-electron chi connectivity index (χ0n) is 28.5. The van der Waals surface area contributed by atoms with E-state index >= 15 is 0 Å². The predicted molar refractivity (Wildman–Crippen MR) is 200 cm³/mol. The summed E-state index contributed by atoms with van der Waals surface area (Å²) in [5, 5.41) is 10.4. The van der Waals surface area contributed by atoms with Crippen LogP contribution < -0.4 is 4.74 Å². The number of hydrogen-bond acceptors (Lipinski definition) is 9. The van der Waals surface area contributed by atoms with Crippen molar-refractivity contribution in [1.82, 2.24) is 29.5 Å². The molecule has 4 aromatic carbocycles. The molecule has 6 aromatic rings. The second-order valence-electron chi connectivity index (χ2n) is 12.9. The molecule has 2 aromatic heterocycles. The Morgan fingerprint density at radius 1 is 0.623 bits per heavy atom. The highest BCUT2D eigenvalue weighted by Gasteiger charge is 2.45. The quantitative estimate of drug-likeness (QED) is 0.134. The average molecular weight is 795 g/mol. The van der Waals surface area contributed by atoms with E-state index < -0.39 is 11.6 Å². The number of ether oxygens (including phenoxy) is 5. The zero-order valence-corrected chi connectivity index (χ0v) is 31.5. The van der Waals surface area contributed by atoms with Gasteiger partial charge in [0.05, 0.1) is 25.4 Å². The zero-order chi connectivity index (χ0) is 36.7. The fraction of sp³-hybridized carbons (Fsp3) is 0.263. The third kappa shape index (κ3) is 7.28. The van der Waals surface area contributed by atoms with Gasteiger partial charge in [-0.2, -0.15) is 10.2 Å². The summed E-state index contributed by atoms with van der Waals surface area (Å²) in [5.41, 5.74) is 4.38. The Balaban J connectivity index is 1.05. The lowest BCUT2D eigenvalue weighted by Gasteiger charge is -2.29. The third-order valence-electron chi connectivity index (χ3n) is 9.05. The molecule has 4 atom stereocenters. The molecule has 0 N–H and O–H groups in total. The maximum absolute atomic E-state index is 6.93. The molecule has 2 saturated heterocycles. The van der Waals surface area contributed by atoms with Gasteiger partial charge >= 0.3 is 0 Å². The molecular weight excluding hydrogens is 762 g/mol. The second kappa shape index (κ2) is 14.7. The second-order valence-corrected chi connectivity index (χ2v) is 14.6. The number of hydrogen-bond donors (Lipinski definition) is 0. The topological polar surface area (TPSA) is 108 Å². The predicted octanol–water partition coefficient (Wildman–Crippen LogP) is 9.19. The van der Waals surface area contributed by atoms with Gasteiger partial charge < -0.3 is 23.7 Å². The Morgan fingerprint density at radius 2 is 1.08 bits per heavy atom. The first-order valence-corrected chi connectivity index (χ1v) is 18.3. The van der Waals surface area contributed by atoms with Crippen LogP contribution in [0, 0.1) is 0 Å². The van der Waals surface area contributed by atoms with E-state index in [4.69, 9.17) is 70.1 Å². The summed E-state index contributed by atoms with van der Waals surface area (Å²) in [4.78, 5) is 8.10. The molecule has 4 heterocycles. The van der Waals surface area contributed by atoms with Crippen LogP contribution in [0.3, 0.4) is 0 Å². The largest absolute Gasteiger partial charge is 0.457 e. The van der Waals surface area contributed by atoms with Crippen molar-refractivity contribution in [2.45, 2.75) is 50.7 Å². The van der Waals surface area contributed by atoms with E-state index in [1.807, 2.05) is 62.4 Å². The van der Waals surface area contributed by atoms with Gasteiger partial charge in [0.1, 0.15) is 49.9 Å². The van der Waals surface area contributed by atoms with Crippen LogP contribution in [-0.4, -0.2) is 55.0 Å². The van der Waals surface area contributed by atoms with Gasteiger partial charge in [0.2, 0.25) is 11.6 Å². The Morgan fingerprint density at radius 3 is 1.43 bits per heavy atom. The van der Waals surface area contributed by atoms with Gasteiger partial charge in [-0.25, -0.2) is 19.3 Å². The van der Waals surface area contributed by atoms with E-state index in [9.17, 15) is 0 Å². The fourth-order valence-corrected chi connectivity index (χ4v) is 7.76. The standard InChI is InChI=1S/C38H32Cl4N6O5/c1-23-15-49-37(52-23,17-47-21-43-19-45-47)31-7-3-25(11-35(31)41)29-13-27(5-9-33(29)39)51-28-6-10-34(40)30(14-28)26-4-8-32(36(42)12-26)38(50-16-24(2)53-38)18-48-22-44-20-46-48/h3-14,19-24H,15-18H2,1-2H3. The Bertz CT molecular complexity index is 2100. The van der Waals surface area contributed by atoms with E-state index in [0.29, 0.717) is 55.9 Å². The normalized spacial score (nSPS) is 22.8. The molecule has 272 valence electrons. The lowest BCUT2D eigenvalue weighted by Crippen LogP contribution is -2.34. The number of rotatable bonds is 10. The Kier molecular flexibility index (Phi) is 9.94. The van der Waals surface area contributed by atoms with Gasteiger partial charge in [0, 0.05) is 42.3 Å². The van der Waals surface area contributed by atoms with Crippen LogP contribution in [-0.2, 0) is 43.6 Å². The average Bonchev–Trinajstić information content (AvgIpc) is 3.97. The van der Waals surface area contributed by atoms with E-state index in [1.54, 1.807) is 46.3 Å². The van der Waals surface area contributed by atoms with Crippen molar-refractivity contribution < 1.29 is 23.7 Å². The van der Waals surface area contributed by atoms with E-state index in [0.717, 1.165) is 22.3 Å². The van der Waals surface area contributed by atoms with Gasteiger partial charge in [-0.15, -0.1) is 0 Å². The van der Waals surface area contributed by atoms with Crippen LogP contribution in [0.25, 0.3) is 22.3 Å². The van der Waals surface area contributed by atoms with Gasteiger partial charge in [0.15, 0.2) is 0 Å². The summed E-state index contributed by atoms with van der Waals surface area (Å²) in [6.07, 6.45) is 5.89. The monoisotopic (exact) mass is 792 g/mol. The van der Waals surface area contributed by atoms with Crippen molar-refractivity contribution in [3.8, 4) is 33.8 Å². The SMILES string of the molecule is CC1COC(Cn2cncn2)(c2ccc(-c3cc(Oc4ccc(Cl)c(-c5ccc(C6(Cn7cncn7)OCC(C)O6)c(Cl)c5)c4)ccc3Cl)cc2Cl)O1. The van der Waals surface area contributed by atoms with Crippen LogP contribution in [0.1, 0.15) is 25.0 Å². The lowest BCUT2D eigenvalue weighted by molar-refractivity contribution is -0.187. The lowest BCUT2D eigenvalue weighted by atomic mass is 9.99. The van der Waals surface area contributed by atoms with Crippen LogP contribution in [0.2, 0.25) is 20.1 Å². The van der Waals surface area contributed by atoms with Crippen LogP contribution in [0.15, 0.2) is 98.1 Å². The molecule has 0 spiro atoms. The number of halogens is 4. The number of aromatic nitrogens is 6. The van der Waals surface area contributed by atoms with Crippen LogP contribution in [0.5, 0.6) is 11.5 Å². The fourth-order valence-electron chi connectivity index (χ4n) is 6.66. The highest BCUT2D eigenvalue weighted by Crippen LogP contribution is 2.44. The Labute approximate surface area is 325 Å². The van der Waals surface area contributed by atoms with Crippen LogP contribution >= 0.6 is 46.4 Å². The van der Waals surface area contributed by atoms with Crippen molar-refractivity contribution in [2.24, 2.45) is 0 Å². The molecule has 2 fully saturated rings. The molecule has 0 radical (unpaired) electrons. The molecule has 11 nitrogen and oxygen atoms in total. The van der Waals surface area contributed by atoms with E-state index in [1.165, 1.54) is 12.7 Å². The molecule has 0 saturated carbocycles. The summed E-state index contributed by atoms with van der Waals surface area (Å²) in [5.74, 6) is -1.12. The van der Waals surface area contributed by atoms with Crippen molar-refractivity contribution in [3.63, 3.8) is 0 Å². The summed E-state index contributed by atoms with van der Waals surface area (Å²) in [6, 6.07) is 22.2. The first-order chi connectivity index (χ1) is 25.6. The van der Waals surface area contributed by atoms with Crippen molar-refractivity contribution in [1.29, 1.82) is 0 Å². The van der Waals surface area contributed by atoms with Gasteiger partial charge in [-0.3, -0.25) is 0 Å². The molecule has 0 amide bonds. The highest BCUT2D eigenvalue weighted by atomic mass is 35.5. The molecule has 2 aliphatic rings. The number of benzene rings is 4. The molecule has 15 heteroatoms. The van der Waals surface area contributed by atoms with Crippen molar-refractivity contribution >= 4 is 46.4 Å². The van der Waals surface area contributed by atoms with Crippen molar-refractivity contribution in [3.05, 3.63) is 129 Å². The molecular formula is C38H32Cl4N6O5. The first kappa shape index (κ1) is 36.0. The van der Waals surface area contributed by atoms with Gasteiger partial charge in [-0.1, -0.05) is 70.7 Å². The summed E-state index contributed by atoms with van der Waals surface area (Å²) >= 11 is 27.3. The minimum atomic E-state index is -1.12. The molecule has 4 unspecified atom stereocenters. The first-order valence-electron chi connectivity index (χ1n) is 16.8. The molecule has 53 heavy (non-hydrogen) atoms. The smallest absolute Gasteiger partial charge is 0.217 e. The van der Waals surface area contributed by atoms with E-state index in [-0.39, 0.29) is 25.3 Å².